The Balaban J connectivity index is 3.08. The summed E-state index contributed by atoms with van der Waals surface area (Å²) < 4.78 is 49.9. The molecule has 11 heteroatoms. The van der Waals surface area contributed by atoms with E-state index in [1.165, 1.54) is 18.2 Å². The van der Waals surface area contributed by atoms with Crippen molar-refractivity contribution in [2.24, 2.45) is 5.92 Å². The highest BCUT2D eigenvalue weighted by Gasteiger charge is 2.45. The van der Waals surface area contributed by atoms with Crippen LogP contribution in [0.4, 0.5) is 23.7 Å². The first kappa shape index (κ1) is 29.3. The molecule has 0 aliphatic rings. The van der Waals surface area contributed by atoms with Crippen LogP contribution in [0.2, 0.25) is 5.02 Å². The van der Waals surface area contributed by atoms with E-state index in [2.05, 4.69) is 16.6 Å². The molecule has 2 amide bonds. The van der Waals surface area contributed by atoms with Crippen LogP contribution in [0.15, 0.2) is 30.9 Å². The Labute approximate surface area is 202 Å². The van der Waals surface area contributed by atoms with E-state index in [9.17, 15) is 27.6 Å². The SMILES string of the molecule is C=CCOC(=O)N[C@H](C(=O)Nc1cc([C@@H](C)CC(=O)OC(C)(C)C)ccc1Cl)C(C)C(F)(F)F. The molecule has 0 aliphatic heterocycles. The summed E-state index contributed by atoms with van der Waals surface area (Å²) in [6.07, 6.45) is -4.72. The number of hydrogen-bond acceptors (Lipinski definition) is 5. The molecule has 0 heterocycles. The Hall–Kier alpha value is -2.75. The molecule has 0 saturated carbocycles. The monoisotopic (exact) mass is 506 g/mol. The van der Waals surface area contributed by atoms with Crippen LogP contribution in [0.5, 0.6) is 0 Å². The number of halogens is 4. The van der Waals surface area contributed by atoms with E-state index >= 15 is 0 Å². The van der Waals surface area contributed by atoms with Gasteiger partial charge in [-0.05, 0) is 44.4 Å². The van der Waals surface area contributed by atoms with Crippen molar-refractivity contribution >= 4 is 35.3 Å². The number of alkyl carbamates (subject to hydrolysis) is 1. The molecule has 0 aliphatic carbocycles. The van der Waals surface area contributed by atoms with E-state index in [-0.39, 0.29) is 29.7 Å². The largest absolute Gasteiger partial charge is 0.460 e. The molecule has 190 valence electrons. The number of hydrogen-bond donors (Lipinski definition) is 2. The molecular weight excluding hydrogens is 477 g/mol. The fourth-order valence-electron chi connectivity index (χ4n) is 2.82. The van der Waals surface area contributed by atoms with Gasteiger partial charge in [0.2, 0.25) is 5.91 Å². The van der Waals surface area contributed by atoms with Gasteiger partial charge in [-0.25, -0.2) is 4.79 Å². The summed E-state index contributed by atoms with van der Waals surface area (Å²) in [6, 6.07) is 2.55. The predicted octanol–water partition coefficient (Wildman–Crippen LogP) is 5.59. The fourth-order valence-corrected chi connectivity index (χ4v) is 2.98. The molecule has 7 nitrogen and oxygen atoms in total. The van der Waals surface area contributed by atoms with Crippen LogP contribution in [-0.2, 0) is 19.1 Å². The maximum atomic E-state index is 13.3. The number of amides is 2. The van der Waals surface area contributed by atoms with Crippen molar-refractivity contribution in [3.8, 4) is 0 Å². The number of benzene rings is 1. The van der Waals surface area contributed by atoms with E-state index in [0.29, 0.717) is 5.56 Å². The van der Waals surface area contributed by atoms with Gasteiger partial charge in [-0.15, -0.1) is 0 Å². The quantitative estimate of drug-likeness (QED) is 0.336. The number of carbonyl (C=O) groups excluding carboxylic acids is 3. The summed E-state index contributed by atoms with van der Waals surface area (Å²) in [5.41, 5.74) is -0.0230. The molecule has 1 rings (SSSR count). The minimum atomic E-state index is -4.78. The van der Waals surface area contributed by atoms with E-state index in [1.807, 2.05) is 5.32 Å². The van der Waals surface area contributed by atoms with Crippen LogP contribution in [0.1, 0.15) is 52.5 Å². The van der Waals surface area contributed by atoms with E-state index in [0.717, 1.165) is 6.92 Å². The van der Waals surface area contributed by atoms with Crippen molar-refractivity contribution < 1.29 is 37.0 Å². The number of carbonyl (C=O) groups is 3. The lowest BCUT2D eigenvalue weighted by atomic mass is 9.96. The Kier molecular flexibility index (Phi) is 10.4. The third kappa shape index (κ3) is 9.62. The summed E-state index contributed by atoms with van der Waals surface area (Å²) in [5.74, 6) is -4.13. The van der Waals surface area contributed by atoms with Gasteiger partial charge in [-0.3, -0.25) is 9.59 Å². The summed E-state index contributed by atoms with van der Waals surface area (Å²) in [7, 11) is 0. The fraction of sp³-hybridized carbons (Fsp3) is 0.522. The number of nitrogens with one attached hydrogen (secondary N) is 2. The first-order chi connectivity index (χ1) is 15.5. The van der Waals surface area contributed by atoms with Gasteiger partial charge < -0.3 is 20.1 Å². The van der Waals surface area contributed by atoms with Gasteiger partial charge in [0.25, 0.3) is 0 Å². The highest BCUT2D eigenvalue weighted by atomic mass is 35.5. The van der Waals surface area contributed by atoms with Crippen molar-refractivity contribution in [3.05, 3.63) is 41.4 Å². The predicted molar refractivity (Wildman–Crippen MR) is 123 cm³/mol. The summed E-state index contributed by atoms with van der Waals surface area (Å²) in [6.45, 7) is 10.8. The molecule has 1 unspecified atom stereocenters. The maximum Gasteiger partial charge on any atom is 0.408 e. The van der Waals surface area contributed by atoms with Gasteiger partial charge >= 0.3 is 18.2 Å². The molecule has 0 aromatic heterocycles. The van der Waals surface area contributed by atoms with E-state index < -0.39 is 41.7 Å². The second kappa shape index (κ2) is 12.1. The lowest BCUT2D eigenvalue weighted by molar-refractivity contribution is -0.178. The molecule has 0 fully saturated rings. The number of rotatable bonds is 9. The molecule has 2 N–H and O–H groups in total. The molecule has 0 bridgehead atoms. The number of esters is 1. The zero-order valence-electron chi connectivity index (χ0n) is 19.7. The van der Waals surface area contributed by atoms with Crippen LogP contribution in [0.3, 0.4) is 0 Å². The van der Waals surface area contributed by atoms with Crippen LogP contribution < -0.4 is 10.6 Å². The Bertz CT molecular complexity index is 900. The summed E-state index contributed by atoms with van der Waals surface area (Å²) >= 11 is 6.13. The number of anilines is 1. The van der Waals surface area contributed by atoms with Crippen LogP contribution >= 0.6 is 11.6 Å². The molecule has 0 spiro atoms. The third-order valence-electron chi connectivity index (χ3n) is 4.61. The van der Waals surface area contributed by atoms with Gasteiger partial charge in [-0.2, -0.15) is 13.2 Å². The molecule has 34 heavy (non-hydrogen) atoms. The first-order valence-electron chi connectivity index (χ1n) is 10.5. The van der Waals surface area contributed by atoms with Crippen LogP contribution in [0.25, 0.3) is 0 Å². The summed E-state index contributed by atoms with van der Waals surface area (Å²) in [5, 5.41) is 4.34. The number of ether oxygens (including phenoxy) is 2. The maximum absolute atomic E-state index is 13.3. The highest BCUT2D eigenvalue weighted by Crippen LogP contribution is 2.32. The van der Waals surface area contributed by atoms with Gasteiger partial charge in [0.1, 0.15) is 18.2 Å². The second-order valence-electron chi connectivity index (χ2n) is 8.76. The third-order valence-corrected chi connectivity index (χ3v) is 4.94. The van der Waals surface area contributed by atoms with Crippen molar-refractivity contribution in [2.45, 2.75) is 64.8 Å². The normalized spacial score (nSPS) is 14.4. The van der Waals surface area contributed by atoms with Crippen molar-refractivity contribution in [3.63, 3.8) is 0 Å². The lowest BCUT2D eigenvalue weighted by Gasteiger charge is -2.26. The Morgan fingerprint density at radius 2 is 1.79 bits per heavy atom. The first-order valence-corrected chi connectivity index (χ1v) is 10.9. The topological polar surface area (TPSA) is 93.7 Å². The number of alkyl halides is 3. The molecule has 3 atom stereocenters. The van der Waals surface area contributed by atoms with Gasteiger partial charge in [-0.1, -0.05) is 44.2 Å². The minimum absolute atomic E-state index is 0.0286. The van der Waals surface area contributed by atoms with E-state index in [4.69, 9.17) is 16.3 Å². The average molecular weight is 507 g/mol. The van der Waals surface area contributed by atoms with Crippen LogP contribution in [-0.4, -0.2) is 42.4 Å². The lowest BCUT2D eigenvalue weighted by Crippen LogP contribution is -2.52. The molecule has 1 aromatic carbocycles. The smallest absolute Gasteiger partial charge is 0.408 e. The standard InChI is InChI=1S/C23H30ClF3N2O5/c1-7-10-33-21(32)29-19(14(3)23(25,26)27)20(31)28-17-12-15(8-9-16(17)24)13(2)11-18(30)34-22(4,5)6/h7-9,12-14,19H,1,10-11H2,2-6H3,(H,28,31)(H,29,32)/t13-,14?,19-/m0/s1. The van der Waals surface area contributed by atoms with Gasteiger partial charge in [0.05, 0.1) is 23.0 Å². The molecular formula is C23H30ClF3N2O5. The van der Waals surface area contributed by atoms with Crippen molar-refractivity contribution in [1.29, 1.82) is 0 Å². The van der Waals surface area contributed by atoms with Crippen LogP contribution in [0, 0.1) is 5.92 Å². The Morgan fingerprint density at radius 1 is 1.18 bits per heavy atom. The molecule has 0 radical (unpaired) electrons. The highest BCUT2D eigenvalue weighted by molar-refractivity contribution is 6.33. The molecule has 1 aromatic rings. The molecule has 0 saturated heterocycles. The second-order valence-corrected chi connectivity index (χ2v) is 9.17. The summed E-state index contributed by atoms with van der Waals surface area (Å²) in [4.78, 5) is 36.7. The zero-order chi connectivity index (χ0) is 26.3. The van der Waals surface area contributed by atoms with E-state index in [1.54, 1.807) is 33.8 Å². The van der Waals surface area contributed by atoms with Crippen molar-refractivity contribution in [2.75, 3.05) is 11.9 Å². The Morgan fingerprint density at radius 3 is 2.32 bits per heavy atom. The average Bonchev–Trinajstić information content (AvgIpc) is 2.69. The minimum Gasteiger partial charge on any atom is -0.460 e. The van der Waals surface area contributed by atoms with Crippen molar-refractivity contribution in [1.82, 2.24) is 5.32 Å². The zero-order valence-corrected chi connectivity index (χ0v) is 20.5. The van der Waals surface area contributed by atoms with Gasteiger partial charge in [0, 0.05) is 0 Å². The van der Waals surface area contributed by atoms with Gasteiger partial charge in [0.15, 0.2) is 0 Å².